The van der Waals surface area contributed by atoms with Crippen LogP contribution in [0.5, 0.6) is 11.5 Å². The normalized spacial score (nSPS) is 10.7. The maximum Gasteiger partial charge on any atom is 0.175 e. The van der Waals surface area contributed by atoms with Crippen molar-refractivity contribution >= 4 is 25.8 Å². The van der Waals surface area contributed by atoms with Gasteiger partial charge in [-0.3, -0.25) is 0 Å². The summed E-state index contributed by atoms with van der Waals surface area (Å²) < 4.78 is 47.2. The molecule has 0 aliphatic rings. The molecule has 0 fully saturated rings. The van der Waals surface area contributed by atoms with Gasteiger partial charge in [-0.2, -0.15) is 0 Å². The predicted molar refractivity (Wildman–Crippen MR) is 76.9 cm³/mol. The Hall–Kier alpha value is -1.67. The third kappa shape index (κ3) is 5.31. The molecule has 4 nitrogen and oxygen atoms in total. The van der Waals surface area contributed by atoms with Crippen LogP contribution in [0.25, 0.3) is 0 Å². The van der Waals surface area contributed by atoms with Crippen LogP contribution < -0.4 is 0 Å². The van der Waals surface area contributed by atoms with Crippen molar-refractivity contribution in [2.75, 3.05) is 6.26 Å². The monoisotopic (exact) mass is 380 g/mol. The van der Waals surface area contributed by atoms with Crippen LogP contribution in [0.15, 0.2) is 45.8 Å². The molecule has 2 N–H and O–H groups in total. The molecule has 21 heavy (non-hydrogen) atoms. The van der Waals surface area contributed by atoms with Crippen molar-refractivity contribution in [3.8, 4) is 11.5 Å². The quantitative estimate of drug-likeness (QED) is 0.796. The predicted octanol–water partition coefficient (Wildman–Crippen LogP) is 3.23. The largest absolute Gasteiger partial charge is 0.505 e. The first kappa shape index (κ1) is 17.4. The Balaban J connectivity index is 0.000000219. The first-order valence-corrected chi connectivity index (χ1v) is 8.12. The fourth-order valence-corrected chi connectivity index (χ4v) is 2.17. The summed E-state index contributed by atoms with van der Waals surface area (Å²) >= 11 is 3.05. The first-order valence-electron chi connectivity index (χ1n) is 5.44. The molecular formula is C13H11BrF2O4S. The van der Waals surface area contributed by atoms with E-state index in [1.165, 1.54) is 12.1 Å². The molecule has 2 aromatic rings. The SMILES string of the molecule is CS(=O)(=O)c1ccc(O)c(F)c1.Oc1ccc(Br)cc1F. The minimum Gasteiger partial charge on any atom is -0.505 e. The second-order valence-corrected chi connectivity index (χ2v) is 6.91. The van der Waals surface area contributed by atoms with Gasteiger partial charge in [-0.25, -0.2) is 17.2 Å². The fourth-order valence-electron chi connectivity index (χ4n) is 1.20. The Morgan fingerprint density at radius 3 is 1.81 bits per heavy atom. The number of aromatic hydroxyl groups is 2. The average Bonchev–Trinajstić information content (AvgIpc) is 2.37. The van der Waals surface area contributed by atoms with Gasteiger partial charge >= 0.3 is 0 Å². The highest BCUT2D eigenvalue weighted by molar-refractivity contribution is 9.10. The zero-order valence-electron chi connectivity index (χ0n) is 10.7. The summed E-state index contributed by atoms with van der Waals surface area (Å²) in [5.41, 5.74) is 0. The average molecular weight is 381 g/mol. The molecule has 0 unspecified atom stereocenters. The van der Waals surface area contributed by atoms with Crippen LogP contribution in [0.2, 0.25) is 0 Å². The van der Waals surface area contributed by atoms with E-state index < -0.39 is 27.2 Å². The van der Waals surface area contributed by atoms with Gasteiger partial charge in [0.1, 0.15) is 0 Å². The molecule has 0 amide bonds. The smallest absolute Gasteiger partial charge is 0.175 e. The first-order chi connectivity index (χ1) is 9.61. The summed E-state index contributed by atoms with van der Waals surface area (Å²) in [6.45, 7) is 0. The highest BCUT2D eigenvalue weighted by Gasteiger charge is 2.09. The molecule has 8 heteroatoms. The van der Waals surface area contributed by atoms with Crippen LogP contribution in [-0.4, -0.2) is 24.9 Å². The van der Waals surface area contributed by atoms with Gasteiger partial charge in [0.15, 0.2) is 33.0 Å². The summed E-state index contributed by atoms with van der Waals surface area (Å²) in [5.74, 6) is -2.41. The Kier molecular flexibility index (Phi) is 5.68. The Bertz CT molecular complexity index is 748. The fraction of sp³-hybridized carbons (Fsp3) is 0.0769. The molecule has 0 spiro atoms. The van der Waals surface area contributed by atoms with Crippen molar-refractivity contribution < 1.29 is 27.4 Å². The van der Waals surface area contributed by atoms with E-state index >= 15 is 0 Å². The van der Waals surface area contributed by atoms with E-state index in [1.54, 1.807) is 6.07 Å². The minimum absolute atomic E-state index is 0.141. The number of sulfone groups is 1. The number of benzene rings is 2. The number of hydrogen-bond donors (Lipinski definition) is 2. The summed E-state index contributed by atoms with van der Waals surface area (Å²) in [6, 6.07) is 7.00. The van der Waals surface area contributed by atoms with Gasteiger partial charge in [-0.05, 0) is 36.4 Å². The highest BCUT2D eigenvalue weighted by atomic mass is 79.9. The number of halogens is 3. The van der Waals surface area contributed by atoms with Crippen molar-refractivity contribution in [2.45, 2.75) is 4.90 Å². The van der Waals surface area contributed by atoms with Crippen LogP contribution in [0.1, 0.15) is 0 Å². The molecule has 0 aromatic heterocycles. The van der Waals surface area contributed by atoms with Gasteiger partial charge < -0.3 is 10.2 Å². The molecule has 114 valence electrons. The van der Waals surface area contributed by atoms with Gasteiger partial charge in [-0.15, -0.1) is 0 Å². The van der Waals surface area contributed by atoms with Crippen LogP contribution >= 0.6 is 15.9 Å². The van der Waals surface area contributed by atoms with Gasteiger partial charge in [-0.1, -0.05) is 15.9 Å². The third-order valence-electron chi connectivity index (χ3n) is 2.26. The maximum atomic E-state index is 12.6. The lowest BCUT2D eigenvalue weighted by Crippen LogP contribution is -1.97. The molecule has 0 aliphatic carbocycles. The molecule has 2 rings (SSSR count). The molecular weight excluding hydrogens is 370 g/mol. The standard InChI is InChI=1S/C7H7FO3S.C6H4BrFO/c1-12(10,11)5-2-3-7(9)6(8)4-5;7-4-1-2-6(9)5(8)3-4/h2-4,9H,1H3;1-3,9H. The van der Waals surface area contributed by atoms with Crippen LogP contribution in [0.4, 0.5) is 8.78 Å². The van der Waals surface area contributed by atoms with E-state index in [1.807, 2.05) is 0 Å². The minimum atomic E-state index is -3.39. The molecule has 2 aromatic carbocycles. The molecule has 0 radical (unpaired) electrons. The van der Waals surface area contributed by atoms with E-state index in [4.69, 9.17) is 10.2 Å². The summed E-state index contributed by atoms with van der Waals surface area (Å²) in [6.07, 6.45) is 0.971. The summed E-state index contributed by atoms with van der Waals surface area (Å²) in [4.78, 5) is -0.141. The van der Waals surface area contributed by atoms with Gasteiger partial charge in [0.05, 0.1) is 4.90 Å². The van der Waals surface area contributed by atoms with E-state index in [0.717, 1.165) is 24.5 Å². The molecule has 0 bridgehead atoms. The van der Waals surface area contributed by atoms with Gasteiger partial charge in [0.25, 0.3) is 0 Å². The second-order valence-electron chi connectivity index (χ2n) is 3.98. The molecule has 0 atom stereocenters. The van der Waals surface area contributed by atoms with Crippen molar-refractivity contribution in [1.82, 2.24) is 0 Å². The summed E-state index contributed by atoms with van der Waals surface area (Å²) in [5, 5.41) is 17.4. The number of phenols is 2. The van der Waals surface area contributed by atoms with E-state index in [9.17, 15) is 17.2 Å². The number of rotatable bonds is 1. The highest BCUT2D eigenvalue weighted by Crippen LogP contribution is 2.19. The summed E-state index contributed by atoms with van der Waals surface area (Å²) in [7, 11) is -3.39. The molecule has 0 heterocycles. The Morgan fingerprint density at radius 2 is 1.43 bits per heavy atom. The van der Waals surface area contributed by atoms with Crippen molar-refractivity contribution in [3.05, 3.63) is 52.5 Å². The topological polar surface area (TPSA) is 74.6 Å². The van der Waals surface area contributed by atoms with Crippen molar-refractivity contribution in [1.29, 1.82) is 0 Å². The molecule has 0 saturated heterocycles. The molecule has 0 aliphatic heterocycles. The van der Waals surface area contributed by atoms with E-state index in [0.29, 0.717) is 4.47 Å². The van der Waals surface area contributed by atoms with Gasteiger partial charge in [0, 0.05) is 10.7 Å². The van der Waals surface area contributed by atoms with Crippen LogP contribution in [0.3, 0.4) is 0 Å². The maximum absolute atomic E-state index is 12.6. The zero-order valence-corrected chi connectivity index (χ0v) is 13.1. The number of hydrogen-bond acceptors (Lipinski definition) is 4. The van der Waals surface area contributed by atoms with E-state index in [-0.39, 0.29) is 10.6 Å². The second kappa shape index (κ2) is 6.86. The zero-order chi connectivity index (χ0) is 16.2. The van der Waals surface area contributed by atoms with Crippen LogP contribution in [-0.2, 0) is 9.84 Å². The van der Waals surface area contributed by atoms with E-state index in [2.05, 4.69) is 15.9 Å². The van der Waals surface area contributed by atoms with Gasteiger partial charge in [0.2, 0.25) is 0 Å². The lowest BCUT2D eigenvalue weighted by Gasteiger charge is -1.98. The van der Waals surface area contributed by atoms with Crippen molar-refractivity contribution in [2.24, 2.45) is 0 Å². The Labute approximate surface area is 128 Å². The lowest BCUT2D eigenvalue weighted by molar-refractivity contribution is 0.431. The third-order valence-corrected chi connectivity index (χ3v) is 3.86. The Morgan fingerprint density at radius 1 is 0.952 bits per heavy atom. The van der Waals surface area contributed by atoms with Crippen molar-refractivity contribution in [3.63, 3.8) is 0 Å². The molecule has 0 saturated carbocycles. The number of phenolic OH excluding ortho intramolecular Hbond substituents is 2. The lowest BCUT2D eigenvalue weighted by atomic mass is 10.3. The van der Waals surface area contributed by atoms with Crippen LogP contribution in [0, 0.1) is 11.6 Å².